The molecule has 1 unspecified atom stereocenters. The molecule has 0 saturated carbocycles. The Morgan fingerprint density at radius 1 is 1.53 bits per heavy atom. The molecule has 0 radical (unpaired) electrons. The molecule has 0 aliphatic carbocycles. The molecule has 1 aliphatic heterocycles. The summed E-state index contributed by atoms with van der Waals surface area (Å²) in [6.07, 6.45) is 4.44. The van der Waals surface area contributed by atoms with Crippen LogP contribution in [0.25, 0.3) is 11.0 Å². The van der Waals surface area contributed by atoms with Gasteiger partial charge in [0.25, 0.3) is 0 Å². The van der Waals surface area contributed by atoms with Crippen molar-refractivity contribution in [2.45, 2.75) is 30.9 Å². The summed E-state index contributed by atoms with van der Waals surface area (Å²) in [7, 11) is 0. The Labute approximate surface area is 115 Å². The lowest BCUT2D eigenvalue weighted by atomic mass is 10.3. The van der Waals surface area contributed by atoms with E-state index in [1.807, 2.05) is 6.92 Å². The van der Waals surface area contributed by atoms with Gasteiger partial charge in [0.15, 0.2) is 5.65 Å². The molecule has 1 fully saturated rings. The summed E-state index contributed by atoms with van der Waals surface area (Å²) in [4.78, 5) is 8.93. The first-order chi connectivity index (χ1) is 9.36. The van der Waals surface area contributed by atoms with Crippen LogP contribution in [0, 0.1) is 0 Å². The zero-order chi connectivity index (χ0) is 13.1. The Bertz CT molecular complexity index is 552. The van der Waals surface area contributed by atoms with Crippen molar-refractivity contribution in [3.05, 3.63) is 6.20 Å². The largest absolute Gasteiger partial charge is 0.377 e. The third kappa shape index (κ3) is 2.82. The van der Waals surface area contributed by atoms with Gasteiger partial charge < -0.3 is 10.1 Å². The Morgan fingerprint density at radius 2 is 2.47 bits per heavy atom. The van der Waals surface area contributed by atoms with E-state index >= 15 is 0 Å². The van der Waals surface area contributed by atoms with E-state index in [0.29, 0.717) is 12.1 Å². The standard InChI is InChI=1S/C12H17N5OS/c1-2-13-12-15-10-9(6-14-17-10)11(16-12)19-7-8-4-3-5-18-8/h6,8H,2-5,7H2,1H3,(H2,13,14,15,16,17). The third-order valence-electron chi connectivity index (χ3n) is 3.04. The van der Waals surface area contributed by atoms with Crippen LogP contribution in [-0.2, 0) is 4.74 Å². The molecular weight excluding hydrogens is 262 g/mol. The maximum absolute atomic E-state index is 5.64. The van der Waals surface area contributed by atoms with E-state index in [1.165, 1.54) is 6.42 Å². The van der Waals surface area contributed by atoms with Crippen molar-refractivity contribution in [2.24, 2.45) is 0 Å². The predicted octanol–water partition coefficient (Wildman–Crippen LogP) is 2.06. The monoisotopic (exact) mass is 279 g/mol. The van der Waals surface area contributed by atoms with Crippen molar-refractivity contribution >= 4 is 28.7 Å². The number of hydrogen-bond acceptors (Lipinski definition) is 6. The van der Waals surface area contributed by atoms with Crippen LogP contribution < -0.4 is 5.32 Å². The second-order valence-electron chi connectivity index (χ2n) is 4.46. The van der Waals surface area contributed by atoms with E-state index < -0.39 is 0 Å². The van der Waals surface area contributed by atoms with Crippen LogP contribution >= 0.6 is 11.8 Å². The molecule has 0 amide bonds. The highest BCUT2D eigenvalue weighted by Crippen LogP contribution is 2.28. The lowest BCUT2D eigenvalue weighted by molar-refractivity contribution is 0.129. The fourth-order valence-corrected chi connectivity index (χ4v) is 3.17. The smallest absolute Gasteiger partial charge is 0.225 e. The molecule has 3 rings (SSSR count). The summed E-state index contributed by atoms with van der Waals surface area (Å²) in [5.41, 5.74) is 0.779. The summed E-state index contributed by atoms with van der Waals surface area (Å²) in [5, 5.41) is 12.0. The van der Waals surface area contributed by atoms with Gasteiger partial charge in [-0.25, -0.2) is 4.98 Å². The number of thioether (sulfide) groups is 1. The zero-order valence-electron chi connectivity index (χ0n) is 10.8. The van der Waals surface area contributed by atoms with Crippen LogP contribution in [0.1, 0.15) is 19.8 Å². The minimum Gasteiger partial charge on any atom is -0.377 e. The zero-order valence-corrected chi connectivity index (χ0v) is 11.7. The van der Waals surface area contributed by atoms with Crippen LogP contribution in [0.15, 0.2) is 11.2 Å². The number of fused-ring (bicyclic) bond motifs is 1. The highest BCUT2D eigenvalue weighted by molar-refractivity contribution is 7.99. The molecule has 3 heterocycles. The number of anilines is 1. The number of rotatable bonds is 5. The second kappa shape index (κ2) is 5.75. The van der Waals surface area contributed by atoms with Gasteiger partial charge in [0.05, 0.1) is 17.7 Å². The molecule has 0 spiro atoms. The Kier molecular flexibility index (Phi) is 3.84. The second-order valence-corrected chi connectivity index (χ2v) is 5.47. The van der Waals surface area contributed by atoms with Crippen molar-refractivity contribution in [2.75, 3.05) is 24.2 Å². The fourth-order valence-electron chi connectivity index (χ4n) is 2.10. The number of H-pyrrole nitrogens is 1. The number of nitrogens with zero attached hydrogens (tertiary/aromatic N) is 3. The summed E-state index contributed by atoms with van der Waals surface area (Å²) >= 11 is 1.72. The topological polar surface area (TPSA) is 75.7 Å². The van der Waals surface area contributed by atoms with Crippen LogP contribution in [0.5, 0.6) is 0 Å². The van der Waals surface area contributed by atoms with Crippen molar-refractivity contribution in [3.8, 4) is 0 Å². The molecule has 19 heavy (non-hydrogen) atoms. The van der Waals surface area contributed by atoms with Gasteiger partial charge in [-0.15, -0.1) is 11.8 Å². The highest BCUT2D eigenvalue weighted by atomic mass is 32.2. The summed E-state index contributed by atoms with van der Waals surface area (Å²) in [5.74, 6) is 1.58. The van der Waals surface area contributed by atoms with E-state index in [0.717, 1.165) is 41.4 Å². The molecular formula is C12H17N5OS. The van der Waals surface area contributed by atoms with Crippen molar-refractivity contribution < 1.29 is 4.74 Å². The summed E-state index contributed by atoms with van der Waals surface area (Å²) in [6, 6.07) is 0. The molecule has 0 aromatic carbocycles. The van der Waals surface area contributed by atoms with Gasteiger partial charge in [0.2, 0.25) is 5.95 Å². The van der Waals surface area contributed by atoms with E-state index in [2.05, 4.69) is 25.5 Å². The molecule has 2 aromatic rings. The minimum atomic E-state index is 0.351. The van der Waals surface area contributed by atoms with Crippen molar-refractivity contribution in [1.29, 1.82) is 0 Å². The van der Waals surface area contributed by atoms with Gasteiger partial charge in [0, 0.05) is 18.9 Å². The van der Waals surface area contributed by atoms with Gasteiger partial charge in [0.1, 0.15) is 5.03 Å². The molecule has 102 valence electrons. The number of hydrogen-bond donors (Lipinski definition) is 2. The van der Waals surface area contributed by atoms with Gasteiger partial charge in [-0.05, 0) is 19.8 Å². The minimum absolute atomic E-state index is 0.351. The number of aromatic amines is 1. The molecule has 1 aliphatic rings. The number of ether oxygens (including phenoxy) is 1. The molecule has 2 N–H and O–H groups in total. The highest BCUT2D eigenvalue weighted by Gasteiger charge is 2.17. The van der Waals surface area contributed by atoms with Crippen LogP contribution in [0.4, 0.5) is 5.95 Å². The van der Waals surface area contributed by atoms with Crippen molar-refractivity contribution in [3.63, 3.8) is 0 Å². The average Bonchev–Trinajstić information content (AvgIpc) is 3.07. The lowest BCUT2D eigenvalue weighted by Crippen LogP contribution is -2.08. The maximum atomic E-state index is 5.64. The van der Waals surface area contributed by atoms with Crippen LogP contribution in [0.3, 0.4) is 0 Å². The number of nitrogens with one attached hydrogen (secondary N) is 2. The van der Waals surface area contributed by atoms with Gasteiger partial charge in [-0.2, -0.15) is 10.1 Å². The van der Waals surface area contributed by atoms with E-state index in [4.69, 9.17) is 4.74 Å². The normalized spacial score (nSPS) is 19.1. The molecule has 0 bridgehead atoms. The van der Waals surface area contributed by atoms with Crippen LogP contribution in [0.2, 0.25) is 0 Å². The Morgan fingerprint density at radius 3 is 3.26 bits per heavy atom. The fraction of sp³-hybridized carbons (Fsp3) is 0.583. The maximum Gasteiger partial charge on any atom is 0.225 e. The van der Waals surface area contributed by atoms with Crippen LogP contribution in [-0.4, -0.2) is 45.2 Å². The van der Waals surface area contributed by atoms with Gasteiger partial charge in [-0.3, -0.25) is 5.10 Å². The molecule has 1 atom stereocenters. The first-order valence-electron chi connectivity index (χ1n) is 6.56. The molecule has 6 nitrogen and oxygen atoms in total. The lowest BCUT2D eigenvalue weighted by Gasteiger charge is -2.09. The summed E-state index contributed by atoms with van der Waals surface area (Å²) in [6.45, 7) is 3.72. The third-order valence-corrected chi connectivity index (χ3v) is 4.16. The summed E-state index contributed by atoms with van der Waals surface area (Å²) < 4.78 is 5.64. The van der Waals surface area contributed by atoms with E-state index in [-0.39, 0.29) is 0 Å². The number of aromatic nitrogens is 4. The molecule has 2 aromatic heterocycles. The SMILES string of the molecule is CCNc1nc(SCC2CCCO2)c2cn[nH]c2n1. The average molecular weight is 279 g/mol. The van der Waals surface area contributed by atoms with E-state index in [9.17, 15) is 0 Å². The molecule has 1 saturated heterocycles. The van der Waals surface area contributed by atoms with E-state index in [1.54, 1.807) is 18.0 Å². The quantitative estimate of drug-likeness (QED) is 0.644. The Hall–Kier alpha value is -1.34. The first kappa shape index (κ1) is 12.7. The Balaban J connectivity index is 1.80. The van der Waals surface area contributed by atoms with Crippen molar-refractivity contribution in [1.82, 2.24) is 20.2 Å². The molecule has 7 heteroatoms. The van der Waals surface area contributed by atoms with Gasteiger partial charge in [-0.1, -0.05) is 0 Å². The predicted molar refractivity (Wildman–Crippen MR) is 75.5 cm³/mol. The first-order valence-corrected chi connectivity index (χ1v) is 7.54. The van der Waals surface area contributed by atoms with Gasteiger partial charge >= 0.3 is 0 Å².